The number of rotatable bonds is 8. The highest BCUT2D eigenvalue weighted by atomic mass is 19.1. The fourth-order valence-corrected chi connectivity index (χ4v) is 2.87. The summed E-state index contributed by atoms with van der Waals surface area (Å²) < 4.78 is 19.1. The summed E-state index contributed by atoms with van der Waals surface area (Å²) in [6.07, 6.45) is 0.836. The van der Waals surface area contributed by atoms with Crippen molar-refractivity contribution < 1.29 is 19.0 Å². The molecule has 0 fully saturated rings. The lowest BCUT2D eigenvalue weighted by Gasteiger charge is -2.22. The van der Waals surface area contributed by atoms with Gasteiger partial charge in [-0.15, -0.1) is 0 Å². The van der Waals surface area contributed by atoms with Crippen LogP contribution in [0.1, 0.15) is 26.3 Å². The zero-order valence-electron chi connectivity index (χ0n) is 16.5. The number of carbonyl (C=O) groups is 1. The number of aliphatic carboxylic acids is 1. The average Bonchev–Trinajstić information content (AvgIpc) is 2.55. The summed E-state index contributed by atoms with van der Waals surface area (Å²) in [4.78, 5) is 12.4. The van der Waals surface area contributed by atoms with E-state index < -0.39 is 5.97 Å². The van der Waals surface area contributed by atoms with Crippen molar-refractivity contribution in [2.24, 2.45) is 5.41 Å². The highest BCUT2D eigenvalue weighted by Gasteiger charge is 2.16. The first-order valence-corrected chi connectivity index (χ1v) is 9.06. The van der Waals surface area contributed by atoms with E-state index in [1.807, 2.05) is 12.1 Å². The van der Waals surface area contributed by atoms with Crippen molar-refractivity contribution in [1.82, 2.24) is 4.90 Å². The monoisotopic (exact) mass is 373 g/mol. The second-order valence-corrected chi connectivity index (χ2v) is 8.05. The van der Waals surface area contributed by atoms with Gasteiger partial charge in [-0.1, -0.05) is 39.0 Å². The molecule has 0 amide bonds. The van der Waals surface area contributed by atoms with Gasteiger partial charge in [0.1, 0.15) is 18.2 Å². The van der Waals surface area contributed by atoms with Gasteiger partial charge >= 0.3 is 5.97 Å². The van der Waals surface area contributed by atoms with E-state index in [-0.39, 0.29) is 17.8 Å². The van der Waals surface area contributed by atoms with Gasteiger partial charge in [-0.3, -0.25) is 9.69 Å². The van der Waals surface area contributed by atoms with Crippen molar-refractivity contribution in [2.75, 3.05) is 26.7 Å². The second-order valence-electron chi connectivity index (χ2n) is 8.05. The highest BCUT2D eigenvalue weighted by molar-refractivity contribution is 5.69. The van der Waals surface area contributed by atoms with Gasteiger partial charge in [0.2, 0.25) is 0 Å². The summed E-state index contributed by atoms with van der Waals surface area (Å²) >= 11 is 0. The SMILES string of the molecule is CN(CCOc1ccc(-c2ccc(F)cc2)cc1CC(C)(C)C)CC(=O)O. The molecule has 2 aromatic carbocycles. The van der Waals surface area contributed by atoms with Crippen LogP contribution >= 0.6 is 0 Å². The van der Waals surface area contributed by atoms with Gasteiger partial charge in [-0.05, 0) is 59.8 Å². The molecule has 1 N–H and O–H groups in total. The van der Waals surface area contributed by atoms with Crippen LogP contribution in [0.15, 0.2) is 42.5 Å². The molecule has 0 saturated carbocycles. The first-order chi connectivity index (χ1) is 12.6. The molecule has 27 heavy (non-hydrogen) atoms. The van der Waals surface area contributed by atoms with E-state index >= 15 is 0 Å². The molecule has 0 radical (unpaired) electrons. The van der Waals surface area contributed by atoms with Crippen molar-refractivity contribution in [3.63, 3.8) is 0 Å². The summed E-state index contributed by atoms with van der Waals surface area (Å²) in [6.45, 7) is 7.44. The molecule has 0 aliphatic carbocycles. The quantitative estimate of drug-likeness (QED) is 0.741. The Kier molecular flexibility index (Phi) is 6.97. The van der Waals surface area contributed by atoms with Crippen LogP contribution in [-0.2, 0) is 11.2 Å². The summed E-state index contributed by atoms with van der Waals surface area (Å²) in [6, 6.07) is 12.5. The van der Waals surface area contributed by atoms with Gasteiger partial charge in [-0.2, -0.15) is 0 Å². The number of carboxylic acid groups (broad SMARTS) is 1. The van der Waals surface area contributed by atoms with Crippen LogP contribution in [0.2, 0.25) is 0 Å². The standard InChI is InChI=1S/C22H28FNO3/c1-22(2,3)14-18-13-17(16-5-8-19(23)9-6-16)7-10-20(18)27-12-11-24(4)15-21(25)26/h5-10,13H,11-12,14-15H2,1-4H3,(H,25,26). The van der Waals surface area contributed by atoms with Crippen LogP contribution < -0.4 is 4.74 Å². The van der Waals surface area contributed by atoms with Gasteiger partial charge in [0, 0.05) is 6.54 Å². The largest absolute Gasteiger partial charge is 0.492 e. The van der Waals surface area contributed by atoms with Crippen LogP contribution in [0.5, 0.6) is 5.75 Å². The van der Waals surface area contributed by atoms with Crippen molar-refractivity contribution in [3.8, 4) is 16.9 Å². The molecule has 0 unspecified atom stereocenters. The number of halogens is 1. The maximum absolute atomic E-state index is 13.2. The summed E-state index contributed by atoms with van der Waals surface area (Å²) in [7, 11) is 1.76. The molecule has 0 saturated heterocycles. The molecule has 0 atom stereocenters. The molecule has 2 rings (SSSR count). The molecular weight excluding hydrogens is 345 g/mol. The van der Waals surface area contributed by atoms with Crippen LogP contribution in [-0.4, -0.2) is 42.7 Å². The highest BCUT2D eigenvalue weighted by Crippen LogP contribution is 2.32. The Morgan fingerprint density at radius 2 is 1.74 bits per heavy atom. The number of likely N-dealkylation sites (N-methyl/N-ethyl adjacent to an activating group) is 1. The Labute approximate surface area is 160 Å². The third-order valence-electron chi connectivity index (χ3n) is 4.09. The number of carboxylic acids is 1. The molecule has 0 aliphatic rings. The maximum atomic E-state index is 13.2. The van der Waals surface area contributed by atoms with Gasteiger partial charge in [-0.25, -0.2) is 4.39 Å². The topological polar surface area (TPSA) is 49.8 Å². The number of hydrogen-bond donors (Lipinski definition) is 1. The molecule has 0 spiro atoms. The number of benzene rings is 2. The van der Waals surface area contributed by atoms with Crippen LogP contribution in [0.25, 0.3) is 11.1 Å². The first-order valence-electron chi connectivity index (χ1n) is 9.06. The Bertz CT molecular complexity index is 766. The van der Waals surface area contributed by atoms with Crippen LogP contribution in [0, 0.1) is 11.2 Å². The van der Waals surface area contributed by atoms with Crippen molar-refractivity contribution in [2.45, 2.75) is 27.2 Å². The van der Waals surface area contributed by atoms with Crippen LogP contribution in [0.3, 0.4) is 0 Å². The lowest BCUT2D eigenvalue weighted by molar-refractivity contribution is -0.138. The third kappa shape index (κ3) is 7.02. The van der Waals surface area contributed by atoms with E-state index in [0.29, 0.717) is 13.2 Å². The normalized spacial score (nSPS) is 11.6. The molecule has 0 aliphatic heterocycles. The molecule has 4 nitrogen and oxygen atoms in total. The lowest BCUT2D eigenvalue weighted by atomic mass is 9.86. The zero-order chi connectivity index (χ0) is 20.0. The van der Waals surface area contributed by atoms with E-state index in [9.17, 15) is 9.18 Å². The van der Waals surface area contributed by atoms with E-state index in [1.54, 1.807) is 24.1 Å². The second kappa shape index (κ2) is 9.00. The molecule has 0 bridgehead atoms. The zero-order valence-corrected chi connectivity index (χ0v) is 16.5. The van der Waals surface area contributed by atoms with Gasteiger partial charge in [0.25, 0.3) is 0 Å². The summed E-state index contributed by atoms with van der Waals surface area (Å²) in [5, 5.41) is 8.82. The predicted octanol–water partition coefficient (Wildman–Crippen LogP) is 4.48. The van der Waals surface area contributed by atoms with Crippen molar-refractivity contribution in [1.29, 1.82) is 0 Å². The van der Waals surface area contributed by atoms with Crippen LogP contribution in [0.4, 0.5) is 4.39 Å². The number of hydrogen-bond acceptors (Lipinski definition) is 3. The van der Waals surface area contributed by atoms with E-state index in [0.717, 1.165) is 28.9 Å². The smallest absolute Gasteiger partial charge is 0.317 e. The van der Waals surface area contributed by atoms with Gasteiger partial charge in [0.05, 0.1) is 6.54 Å². The molecule has 0 aromatic heterocycles. The minimum Gasteiger partial charge on any atom is -0.492 e. The molecule has 146 valence electrons. The first kappa shape index (κ1) is 20.9. The molecule has 0 heterocycles. The number of ether oxygens (including phenoxy) is 1. The summed E-state index contributed by atoms with van der Waals surface area (Å²) in [5.74, 6) is -0.298. The summed E-state index contributed by atoms with van der Waals surface area (Å²) in [5.41, 5.74) is 3.15. The maximum Gasteiger partial charge on any atom is 0.317 e. The average molecular weight is 373 g/mol. The van der Waals surface area contributed by atoms with E-state index in [2.05, 4.69) is 26.8 Å². The fraction of sp³-hybridized carbons (Fsp3) is 0.409. The van der Waals surface area contributed by atoms with Gasteiger partial charge < -0.3 is 9.84 Å². The lowest BCUT2D eigenvalue weighted by Crippen LogP contribution is -2.29. The minimum atomic E-state index is -0.852. The molecule has 5 heteroatoms. The Balaban J connectivity index is 2.17. The molecule has 2 aromatic rings. The minimum absolute atomic E-state index is 0.0122. The van der Waals surface area contributed by atoms with E-state index in [4.69, 9.17) is 9.84 Å². The Morgan fingerprint density at radius 1 is 1.11 bits per heavy atom. The Hall–Kier alpha value is -2.40. The Morgan fingerprint density at radius 3 is 2.33 bits per heavy atom. The number of nitrogens with zero attached hydrogens (tertiary/aromatic N) is 1. The van der Waals surface area contributed by atoms with Gasteiger partial charge in [0.15, 0.2) is 0 Å². The third-order valence-corrected chi connectivity index (χ3v) is 4.09. The predicted molar refractivity (Wildman–Crippen MR) is 106 cm³/mol. The molecular formula is C22H28FNO3. The fourth-order valence-electron chi connectivity index (χ4n) is 2.87. The van der Waals surface area contributed by atoms with E-state index in [1.165, 1.54) is 12.1 Å². The van der Waals surface area contributed by atoms with Crippen molar-refractivity contribution >= 4 is 5.97 Å². The van der Waals surface area contributed by atoms with Crippen molar-refractivity contribution in [3.05, 3.63) is 53.8 Å².